The van der Waals surface area contributed by atoms with Gasteiger partial charge in [0.1, 0.15) is 5.82 Å². The summed E-state index contributed by atoms with van der Waals surface area (Å²) >= 11 is 0. The smallest absolute Gasteiger partial charge is 0.127 e. The molecule has 0 spiro atoms. The number of H-pyrrole nitrogens is 1. The fourth-order valence-electron chi connectivity index (χ4n) is 2.41. The zero-order valence-electron chi connectivity index (χ0n) is 11.2. The summed E-state index contributed by atoms with van der Waals surface area (Å²) in [6.45, 7) is 6.31. The Bertz CT molecular complexity index is 606. The van der Waals surface area contributed by atoms with Gasteiger partial charge in [-0.1, -0.05) is 23.8 Å². The Balaban J connectivity index is 2.08. The van der Waals surface area contributed by atoms with Gasteiger partial charge in [0.05, 0.1) is 11.2 Å². The van der Waals surface area contributed by atoms with Crippen molar-refractivity contribution in [2.45, 2.75) is 39.2 Å². The van der Waals surface area contributed by atoms with Crippen LogP contribution in [0.2, 0.25) is 0 Å². The van der Waals surface area contributed by atoms with E-state index in [1.54, 1.807) is 0 Å². The molecule has 1 aromatic carbocycles. The minimum absolute atomic E-state index is 0.193. The molecule has 18 heavy (non-hydrogen) atoms. The standard InChI is InChI=1S/C15H19N3/c1-9-4-5-12(10(2)8-9)13-11(3)17-14(18-13)15(16)6-7-15/h4-5,8H,6-7,16H2,1-3H3,(H,17,18). The molecule has 1 aliphatic rings. The van der Waals surface area contributed by atoms with Crippen LogP contribution in [0.1, 0.15) is 35.5 Å². The van der Waals surface area contributed by atoms with Gasteiger partial charge >= 0.3 is 0 Å². The van der Waals surface area contributed by atoms with Crippen LogP contribution in [0.25, 0.3) is 11.3 Å². The van der Waals surface area contributed by atoms with Gasteiger partial charge in [0.2, 0.25) is 0 Å². The average molecular weight is 241 g/mol. The highest BCUT2D eigenvalue weighted by atomic mass is 15.0. The summed E-state index contributed by atoms with van der Waals surface area (Å²) in [4.78, 5) is 8.08. The van der Waals surface area contributed by atoms with Crippen molar-refractivity contribution in [2.24, 2.45) is 5.73 Å². The lowest BCUT2D eigenvalue weighted by Crippen LogP contribution is -2.20. The summed E-state index contributed by atoms with van der Waals surface area (Å²) in [5, 5.41) is 0. The Labute approximate surface area is 107 Å². The number of nitrogens with one attached hydrogen (secondary N) is 1. The molecule has 1 fully saturated rings. The van der Waals surface area contributed by atoms with Crippen molar-refractivity contribution in [1.29, 1.82) is 0 Å². The van der Waals surface area contributed by atoms with Crippen LogP contribution in [-0.4, -0.2) is 9.97 Å². The van der Waals surface area contributed by atoms with Crippen molar-refractivity contribution in [3.05, 3.63) is 40.8 Å². The summed E-state index contributed by atoms with van der Waals surface area (Å²) in [7, 11) is 0. The molecule has 0 atom stereocenters. The van der Waals surface area contributed by atoms with Gasteiger partial charge in [-0.25, -0.2) is 4.98 Å². The molecule has 1 heterocycles. The maximum atomic E-state index is 6.20. The normalized spacial score (nSPS) is 16.9. The Kier molecular flexibility index (Phi) is 2.35. The van der Waals surface area contributed by atoms with Crippen molar-refractivity contribution in [2.75, 3.05) is 0 Å². The molecule has 1 aliphatic carbocycles. The van der Waals surface area contributed by atoms with Crippen molar-refractivity contribution in [1.82, 2.24) is 9.97 Å². The van der Waals surface area contributed by atoms with Gasteiger partial charge < -0.3 is 10.7 Å². The first-order valence-electron chi connectivity index (χ1n) is 6.43. The minimum Gasteiger partial charge on any atom is -0.344 e. The topological polar surface area (TPSA) is 54.7 Å². The Hall–Kier alpha value is -1.61. The molecule has 0 aliphatic heterocycles. The van der Waals surface area contributed by atoms with E-state index in [2.05, 4.69) is 44.0 Å². The van der Waals surface area contributed by atoms with Gasteiger partial charge in [-0.3, -0.25) is 0 Å². The van der Waals surface area contributed by atoms with Gasteiger partial charge in [0.25, 0.3) is 0 Å². The highest BCUT2D eigenvalue weighted by Crippen LogP contribution is 2.42. The molecule has 94 valence electrons. The number of hydrogen-bond donors (Lipinski definition) is 2. The Morgan fingerprint density at radius 1 is 1.22 bits per heavy atom. The molecule has 0 radical (unpaired) electrons. The van der Waals surface area contributed by atoms with E-state index in [1.165, 1.54) is 16.7 Å². The molecule has 2 aromatic rings. The molecule has 1 saturated carbocycles. The third kappa shape index (κ3) is 1.75. The molecule has 3 nitrogen and oxygen atoms in total. The van der Waals surface area contributed by atoms with Crippen LogP contribution in [0.4, 0.5) is 0 Å². The van der Waals surface area contributed by atoms with Crippen molar-refractivity contribution < 1.29 is 0 Å². The van der Waals surface area contributed by atoms with Crippen LogP contribution in [0, 0.1) is 20.8 Å². The predicted molar refractivity (Wildman–Crippen MR) is 73.3 cm³/mol. The maximum absolute atomic E-state index is 6.20. The number of benzene rings is 1. The van der Waals surface area contributed by atoms with Gasteiger partial charge in [-0.05, 0) is 39.2 Å². The van der Waals surface area contributed by atoms with Crippen molar-refractivity contribution in [3.8, 4) is 11.3 Å². The first-order chi connectivity index (χ1) is 8.49. The molecule has 1 aromatic heterocycles. The van der Waals surface area contributed by atoms with E-state index in [1.807, 2.05) is 0 Å². The number of rotatable bonds is 2. The van der Waals surface area contributed by atoms with Crippen molar-refractivity contribution in [3.63, 3.8) is 0 Å². The fraction of sp³-hybridized carbons (Fsp3) is 0.400. The van der Waals surface area contributed by atoms with Gasteiger partial charge in [-0.15, -0.1) is 0 Å². The molecule has 0 saturated heterocycles. The van der Waals surface area contributed by atoms with E-state index < -0.39 is 0 Å². The maximum Gasteiger partial charge on any atom is 0.127 e. The number of nitrogens with two attached hydrogens (primary N) is 1. The molecule has 3 heteroatoms. The fourth-order valence-corrected chi connectivity index (χ4v) is 2.41. The third-order valence-electron chi connectivity index (χ3n) is 3.78. The lowest BCUT2D eigenvalue weighted by atomic mass is 10.0. The van der Waals surface area contributed by atoms with Crippen LogP contribution in [-0.2, 0) is 5.54 Å². The summed E-state index contributed by atoms with van der Waals surface area (Å²) < 4.78 is 0. The first-order valence-corrected chi connectivity index (χ1v) is 6.43. The van der Waals surface area contributed by atoms with Gasteiger partial charge in [0, 0.05) is 11.3 Å². The number of imidazole rings is 1. The van der Waals surface area contributed by atoms with Crippen LogP contribution in [0.3, 0.4) is 0 Å². The minimum atomic E-state index is -0.193. The van der Waals surface area contributed by atoms with Crippen LogP contribution in [0.5, 0.6) is 0 Å². The van der Waals surface area contributed by atoms with E-state index in [0.717, 1.165) is 30.1 Å². The number of aromatic nitrogens is 2. The SMILES string of the molecule is Cc1ccc(-c2nc(C3(N)CC3)[nH]c2C)c(C)c1. The van der Waals surface area contributed by atoms with Crippen molar-refractivity contribution >= 4 is 0 Å². The second-order valence-electron chi connectivity index (χ2n) is 5.53. The molecule has 3 rings (SSSR count). The zero-order valence-corrected chi connectivity index (χ0v) is 11.2. The first kappa shape index (κ1) is 11.5. The number of aryl methyl sites for hydroxylation is 3. The van der Waals surface area contributed by atoms with E-state index in [9.17, 15) is 0 Å². The zero-order chi connectivity index (χ0) is 12.9. The monoisotopic (exact) mass is 241 g/mol. The molecule has 0 amide bonds. The van der Waals surface area contributed by atoms with Crippen LogP contribution >= 0.6 is 0 Å². The van der Waals surface area contributed by atoms with Gasteiger partial charge in [-0.2, -0.15) is 0 Å². The highest BCUT2D eigenvalue weighted by Gasteiger charge is 2.43. The summed E-state index contributed by atoms with van der Waals surface area (Å²) in [5.41, 5.74) is 11.9. The number of nitrogens with zero attached hydrogens (tertiary/aromatic N) is 1. The summed E-state index contributed by atoms with van der Waals surface area (Å²) in [5.74, 6) is 0.940. The Morgan fingerprint density at radius 2 is 1.94 bits per heavy atom. The van der Waals surface area contributed by atoms with E-state index in [-0.39, 0.29) is 5.54 Å². The molecular formula is C15H19N3. The predicted octanol–water partition coefficient (Wildman–Crippen LogP) is 2.95. The second-order valence-corrected chi connectivity index (χ2v) is 5.53. The lowest BCUT2D eigenvalue weighted by Gasteiger charge is -2.05. The molecule has 0 bridgehead atoms. The molecule has 0 unspecified atom stereocenters. The summed E-state index contributed by atoms with van der Waals surface area (Å²) in [6.07, 6.45) is 2.07. The Morgan fingerprint density at radius 3 is 2.56 bits per heavy atom. The van der Waals surface area contributed by atoms with Crippen LogP contribution in [0.15, 0.2) is 18.2 Å². The second kappa shape index (κ2) is 3.69. The molecule has 3 N–H and O–H groups in total. The largest absolute Gasteiger partial charge is 0.344 e. The summed E-state index contributed by atoms with van der Waals surface area (Å²) in [6, 6.07) is 6.47. The number of hydrogen-bond acceptors (Lipinski definition) is 2. The quantitative estimate of drug-likeness (QED) is 0.849. The lowest BCUT2D eigenvalue weighted by molar-refractivity contribution is 0.684. The van der Waals surface area contributed by atoms with Crippen LogP contribution < -0.4 is 5.73 Å². The number of aromatic amines is 1. The third-order valence-corrected chi connectivity index (χ3v) is 3.78. The highest BCUT2D eigenvalue weighted by molar-refractivity contribution is 5.66. The molecular weight excluding hydrogens is 222 g/mol. The van der Waals surface area contributed by atoms with E-state index in [0.29, 0.717) is 0 Å². The van der Waals surface area contributed by atoms with Gasteiger partial charge in [0.15, 0.2) is 0 Å². The average Bonchev–Trinajstić information content (AvgIpc) is 2.93. The van der Waals surface area contributed by atoms with E-state index in [4.69, 9.17) is 10.7 Å². The van der Waals surface area contributed by atoms with E-state index >= 15 is 0 Å².